The third kappa shape index (κ3) is 4.93. The number of piperazine rings is 1. The molecule has 1 aliphatic heterocycles. The highest BCUT2D eigenvalue weighted by molar-refractivity contribution is 7.91. The van der Waals surface area contributed by atoms with Crippen molar-refractivity contribution in [3.05, 3.63) is 17.0 Å². The van der Waals surface area contributed by atoms with Crippen LogP contribution in [0.4, 0.5) is 0 Å². The lowest BCUT2D eigenvalue weighted by atomic mass is 9.86. The average Bonchev–Trinajstić information content (AvgIpc) is 3.23. The van der Waals surface area contributed by atoms with Crippen molar-refractivity contribution in [2.24, 2.45) is 5.92 Å². The van der Waals surface area contributed by atoms with Gasteiger partial charge in [-0.25, -0.2) is 13.2 Å². The number of methoxy groups -OCH3 is 1. The molecule has 1 aromatic rings. The molecule has 1 amide bonds. The third-order valence-corrected chi connectivity index (χ3v) is 8.99. The molecule has 1 aromatic heterocycles. The van der Waals surface area contributed by atoms with Crippen molar-refractivity contribution in [3.63, 3.8) is 0 Å². The highest BCUT2D eigenvalue weighted by atomic mass is 32.2. The highest BCUT2D eigenvalue weighted by Gasteiger charge is 2.31. The van der Waals surface area contributed by atoms with Crippen LogP contribution in [0.15, 0.2) is 15.7 Å². The van der Waals surface area contributed by atoms with E-state index in [9.17, 15) is 18.0 Å². The zero-order valence-corrected chi connectivity index (χ0v) is 17.9. The molecule has 0 N–H and O–H groups in total. The van der Waals surface area contributed by atoms with Gasteiger partial charge in [0.15, 0.2) is 0 Å². The Labute approximate surface area is 170 Å². The van der Waals surface area contributed by atoms with Crippen LogP contribution in [-0.2, 0) is 19.6 Å². The molecule has 2 fully saturated rings. The normalized spacial score (nSPS) is 19.5. The average molecular weight is 429 g/mol. The molecule has 3 rings (SSSR count). The maximum Gasteiger partial charge on any atom is 0.338 e. The lowest BCUT2D eigenvalue weighted by molar-refractivity contribution is -0.132. The molecule has 2 heterocycles. The number of thiophene rings is 1. The molecular formula is C19H28N2O5S2. The molecule has 7 nitrogen and oxygen atoms in total. The smallest absolute Gasteiger partial charge is 0.338 e. The molecule has 0 atom stereocenters. The monoisotopic (exact) mass is 428 g/mol. The minimum Gasteiger partial charge on any atom is -0.465 e. The number of sulfonamides is 1. The van der Waals surface area contributed by atoms with Crippen LogP contribution in [0.1, 0.15) is 55.3 Å². The Balaban J connectivity index is 1.51. The van der Waals surface area contributed by atoms with E-state index in [2.05, 4.69) is 4.74 Å². The number of esters is 1. The second-order valence-electron chi connectivity index (χ2n) is 7.47. The number of hydrogen-bond donors (Lipinski definition) is 0. The number of rotatable bonds is 6. The summed E-state index contributed by atoms with van der Waals surface area (Å²) in [6, 6.07) is 1.35. The summed E-state index contributed by atoms with van der Waals surface area (Å²) in [6.45, 7) is 1.39. The first-order valence-electron chi connectivity index (χ1n) is 9.86. The van der Waals surface area contributed by atoms with Crippen LogP contribution in [0.2, 0.25) is 0 Å². The van der Waals surface area contributed by atoms with Gasteiger partial charge in [-0.1, -0.05) is 32.1 Å². The summed E-state index contributed by atoms with van der Waals surface area (Å²) >= 11 is 1.01. The van der Waals surface area contributed by atoms with Crippen LogP contribution in [0, 0.1) is 5.92 Å². The predicted octanol–water partition coefficient (Wildman–Crippen LogP) is 2.73. The Kier molecular flexibility index (Phi) is 7.11. The minimum atomic E-state index is -3.66. The summed E-state index contributed by atoms with van der Waals surface area (Å²) in [4.78, 5) is 25.8. The van der Waals surface area contributed by atoms with Crippen LogP contribution in [-0.4, -0.2) is 62.8 Å². The molecular weight excluding hydrogens is 400 g/mol. The van der Waals surface area contributed by atoms with E-state index in [1.165, 1.54) is 55.0 Å². The van der Waals surface area contributed by atoms with Crippen LogP contribution >= 0.6 is 11.3 Å². The lowest BCUT2D eigenvalue weighted by Crippen LogP contribution is -2.50. The maximum atomic E-state index is 12.8. The first-order chi connectivity index (χ1) is 13.4. The number of ether oxygens (including phenoxy) is 1. The van der Waals surface area contributed by atoms with Gasteiger partial charge >= 0.3 is 5.97 Å². The first kappa shape index (κ1) is 21.3. The van der Waals surface area contributed by atoms with Gasteiger partial charge in [0.25, 0.3) is 10.0 Å². The van der Waals surface area contributed by atoms with Gasteiger partial charge in [-0.15, -0.1) is 11.3 Å². The van der Waals surface area contributed by atoms with Crippen LogP contribution in [0.25, 0.3) is 0 Å². The Morgan fingerprint density at radius 1 is 1.14 bits per heavy atom. The summed E-state index contributed by atoms with van der Waals surface area (Å²) in [7, 11) is -2.39. The van der Waals surface area contributed by atoms with Gasteiger partial charge in [0, 0.05) is 38.0 Å². The van der Waals surface area contributed by atoms with Crippen LogP contribution < -0.4 is 0 Å². The van der Waals surface area contributed by atoms with E-state index in [0.717, 1.165) is 17.8 Å². The van der Waals surface area contributed by atoms with Crippen molar-refractivity contribution in [2.45, 2.75) is 49.2 Å². The highest BCUT2D eigenvalue weighted by Crippen LogP contribution is 2.28. The standard InChI is InChI=1S/C19H28N2O5S2/c1-26-19(23)16-13-18(27-14-16)28(24,25)21-11-9-20(10-12-21)17(22)8-7-15-5-3-2-4-6-15/h13-15H,2-12H2,1H3. The van der Waals surface area contributed by atoms with Gasteiger partial charge in [-0.05, 0) is 18.4 Å². The van der Waals surface area contributed by atoms with E-state index in [1.54, 1.807) is 4.90 Å². The second kappa shape index (κ2) is 9.37. The molecule has 156 valence electrons. The second-order valence-corrected chi connectivity index (χ2v) is 10.5. The quantitative estimate of drug-likeness (QED) is 0.651. The van der Waals surface area contributed by atoms with E-state index in [4.69, 9.17) is 0 Å². The maximum absolute atomic E-state index is 12.8. The van der Waals surface area contributed by atoms with Gasteiger partial charge < -0.3 is 9.64 Å². The number of carbonyl (C=O) groups is 2. The SMILES string of the molecule is COC(=O)c1csc(S(=O)(=O)N2CCN(C(=O)CCC3CCCCC3)CC2)c1. The van der Waals surface area contributed by atoms with Gasteiger partial charge in [-0.2, -0.15) is 4.31 Å². The number of nitrogens with zero attached hydrogens (tertiary/aromatic N) is 2. The number of hydrogen-bond acceptors (Lipinski definition) is 6. The van der Waals surface area contributed by atoms with E-state index in [-0.39, 0.29) is 28.8 Å². The van der Waals surface area contributed by atoms with Gasteiger partial charge in [0.2, 0.25) is 5.91 Å². The molecule has 1 saturated carbocycles. The van der Waals surface area contributed by atoms with Crippen molar-refractivity contribution in [2.75, 3.05) is 33.3 Å². The molecule has 28 heavy (non-hydrogen) atoms. The molecule has 0 unspecified atom stereocenters. The Morgan fingerprint density at radius 3 is 2.46 bits per heavy atom. The topological polar surface area (TPSA) is 84.0 Å². The van der Waals surface area contributed by atoms with Crippen molar-refractivity contribution >= 4 is 33.2 Å². The number of amides is 1. The first-order valence-corrected chi connectivity index (χ1v) is 12.2. The molecule has 0 radical (unpaired) electrons. The Hall–Kier alpha value is -1.45. The van der Waals surface area contributed by atoms with Gasteiger partial charge in [0.1, 0.15) is 4.21 Å². The summed E-state index contributed by atoms with van der Waals surface area (Å²) in [5.41, 5.74) is 0.239. The van der Waals surface area contributed by atoms with Gasteiger partial charge in [-0.3, -0.25) is 4.79 Å². The fourth-order valence-corrected chi connectivity index (χ4v) is 6.67. The van der Waals surface area contributed by atoms with Gasteiger partial charge in [0.05, 0.1) is 12.7 Å². The molecule has 0 spiro atoms. The number of carbonyl (C=O) groups excluding carboxylic acids is 2. The summed E-state index contributed by atoms with van der Waals surface area (Å²) < 4.78 is 31.8. The summed E-state index contributed by atoms with van der Waals surface area (Å²) in [6.07, 6.45) is 7.83. The molecule has 2 aliphatic rings. The zero-order valence-electron chi connectivity index (χ0n) is 16.3. The van der Waals surface area contributed by atoms with E-state index in [1.807, 2.05) is 0 Å². The Bertz CT molecular complexity index is 791. The zero-order chi connectivity index (χ0) is 20.1. The van der Waals surface area contributed by atoms with Crippen LogP contribution in [0.5, 0.6) is 0 Å². The minimum absolute atomic E-state index is 0.130. The lowest BCUT2D eigenvalue weighted by Gasteiger charge is -2.34. The third-order valence-electron chi connectivity index (χ3n) is 5.67. The van der Waals surface area contributed by atoms with Crippen molar-refractivity contribution in [1.29, 1.82) is 0 Å². The molecule has 0 bridgehead atoms. The molecule has 1 aliphatic carbocycles. The van der Waals surface area contributed by atoms with E-state index in [0.29, 0.717) is 25.4 Å². The molecule has 1 saturated heterocycles. The summed E-state index contributed by atoms with van der Waals surface area (Å²) in [5, 5.41) is 1.49. The Morgan fingerprint density at radius 2 is 1.82 bits per heavy atom. The van der Waals surface area contributed by atoms with E-state index >= 15 is 0 Å². The van der Waals surface area contributed by atoms with Crippen molar-refractivity contribution in [1.82, 2.24) is 9.21 Å². The molecule has 9 heteroatoms. The predicted molar refractivity (Wildman–Crippen MR) is 107 cm³/mol. The molecule has 0 aromatic carbocycles. The van der Waals surface area contributed by atoms with Crippen molar-refractivity contribution in [3.8, 4) is 0 Å². The largest absolute Gasteiger partial charge is 0.465 e. The fourth-order valence-electron chi connectivity index (χ4n) is 3.94. The fraction of sp³-hybridized carbons (Fsp3) is 0.684. The van der Waals surface area contributed by atoms with E-state index < -0.39 is 16.0 Å². The van der Waals surface area contributed by atoms with Crippen molar-refractivity contribution < 1.29 is 22.7 Å². The summed E-state index contributed by atoms with van der Waals surface area (Å²) in [5.74, 6) is 0.250. The van der Waals surface area contributed by atoms with Crippen LogP contribution in [0.3, 0.4) is 0 Å².